The van der Waals surface area contributed by atoms with Crippen molar-refractivity contribution >= 4 is 23.1 Å². The maximum absolute atomic E-state index is 12.1. The second-order valence-electron chi connectivity index (χ2n) is 4.56. The molecule has 2 heterocycles. The average molecular weight is 328 g/mol. The molecule has 3 nitrogen and oxygen atoms in total. The molecule has 2 aromatic rings. The number of hydrogen-bond donors (Lipinski definition) is 1. The Bertz CT molecular complexity index is 583. The van der Waals surface area contributed by atoms with E-state index in [1.54, 1.807) is 23.5 Å². The molecule has 0 spiro atoms. The summed E-state index contributed by atoms with van der Waals surface area (Å²) in [6.07, 6.45) is 0. The highest BCUT2D eigenvalue weighted by atomic mass is 32.2. The van der Waals surface area contributed by atoms with Gasteiger partial charge in [0.15, 0.2) is 0 Å². The molecule has 0 radical (unpaired) electrons. The number of hydrogen-bond acceptors (Lipinski definition) is 5. The Balaban J connectivity index is 1.73. The van der Waals surface area contributed by atoms with E-state index >= 15 is 0 Å². The van der Waals surface area contributed by atoms with Crippen molar-refractivity contribution in [3.8, 4) is 17.0 Å². The lowest BCUT2D eigenvalue weighted by molar-refractivity contribution is -0.0498. The van der Waals surface area contributed by atoms with Crippen molar-refractivity contribution in [3.05, 3.63) is 34.7 Å². The summed E-state index contributed by atoms with van der Waals surface area (Å²) in [5.41, 5.74) is 1.78. The zero-order valence-corrected chi connectivity index (χ0v) is 12.7. The fraction of sp³-hybridized carbons (Fsp3) is 0.357. The lowest BCUT2D eigenvalue weighted by Crippen LogP contribution is -2.30. The zero-order valence-electron chi connectivity index (χ0n) is 11.1. The molecule has 1 atom stereocenters. The van der Waals surface area contributed by atoms with E-state index in [0.29, 0.717) is 6.04 Å². The summed E-state index contributed by atoms with van der Waals surface area (Å²) in [6, 6.07) is 6.88. The summed E-state index contributed by atoms with van der Waals surface area (Å²) < 4.78 is 28.6. The summed E-state index contributed by atoms with van der Waals surface area (Å²) in [7, 11) is 0. The largest absolute Gasteiger partial charge is 0.435 e. The molecule has 21 heavy (non-hydrogen) atoms. The first-order chi connectivity index (χ1) is 10.2. The van der Waals surface area contributed by atoms with Crippen LogP contribution in [0.5, 0.6) is 5.75 Å². The first-order valence-electron chi connectivity index (χ1n) is 6.54. The minimum atomic E-state index is -2.79. The summed E-state index contributed by atoms with van der Waals surface area (Å²) in [5, 5.41) is 6.53. The van der Waals surface area contributed by atoms with E-state index in [9.17, 15) is 8.78 Å². The lowest BCUT2D eigenvalue weighted by Gasteiger charge is -2.20. The van der Waals surface area contributed by atoms with Crippen molar-refractivity contribution in [2.45, 2.75) is 12.7 Å². The van der Waals surface area contributed by atoms with Gasteiger partial charge in [0.05, 0.1) is 11.7 Å². The maximum Gasteiger partial charge on any atom is 0.387 e. The molecule has 1 unspecified atom stereocenters. The van der Waals surface area contributed by atoms with Gasteiger partial charge in [0, 0.05) is 29.0 Å². The molecule has 7 heteroatoms. The third-order valence-electron chi connectivity index (χ3n) is 3.12. The molecule has 3 rings (SSSR count). The molecule has 0 aliphatic carbocycles. The number of ether oxygens (including phenoxy) is 1. The van der Waals surface area contributed by atoms with Crippen molar-refractivity contribution < 1.29 is 13.5 Å². The second-order valence-corrected chi connectivity index (χ2v) is 6.60. The van der Waals surface area contributed by atoms with Crippen LogP contribution in [0.3, 0.4) is 0 Å². The average Bonchev–Trinajstić information content (AvgIpc) is 2.98. The van der Waals surface area contributed by atoms with Crippen molar-refractivity contribution in [1.82, 2.24) is 10.3 Å². The summed E-state index contributed by atoms with van der Waals surface area (Å²) in [6.45, 7) is -1.79. The van der Waals surface area contributed by atoms with Crippen LogP contribution in [-0.4, -0.2) is 29.6 Å². The van der Waals surface area contributed by atoms with Gasteiger partial charge in [-0.3, -0.25) is 0 Å². The number of rotatable bonds is 4. The van der Waals surface area contributed by atoms with Gasteiger partial charge in [-0.1, -0.05) is 0 Å². The Morgan fingerprint density at radius 1 is 1.29 bits per heavy atom. The Morgan fingerprint density at radius 2 is 2.10 bits per heavy atom. The van der Waals surface area contributed by atoms with Crippen molar-refractivity contribution in [3.63, 3.8) is 0 Å². The highest BCUT2D eigenvalue weighted by Gasteiger charge is 2.18. The van der Waals surface area contributed by atoms with E-state index in [-0.39, 0.29) is 5.75 Å². The summed E-state index contributed by atoms with van der Waals surface area (Å²) >= 11 is 3.55. The van der Waals surface area contributed by atoms with Gasteiger partial charge in [-0.15, -0.1) is 11.3 Å². The Hall–Kier alpha value is -1.18. The Kier molecular flexibility index (Phi) is 4.72. The lowest BCUT2D eigenvalue weighted by atomic mass is 10.2. The first kappa shape index (κ1) is 14.7. The van der Waals surface area contributed by atoms with Crippen molar-refractivity contribution in [2.75, 3.05) is 18.1 Å². The van der Waals surface area contributed by atoms with Gasteiger partial charge in [0.25, 0.3) is 0 Å². The fourth-order valence-corrected chi connectivity index (χ4v) is 4.06. The van der Waals surface area contributed by atoms with Gasteiger partial charge < -0.3 is 10.1 Å². The molecule has 112 valence electrons. The third kappa shape index (κ3) is 3.72. The quantitative estimate of drug-likeness (QED) is 0.926. The molecule has 0 amide bonds. The number of alkyl halides is 2. The van der Waals surface area contributed by atoms with Crippen LogP contribution < -0.4 is 10.1 Å². The van der Waals surface area contributed by atoms with Gasteiger partial charge in [0.1, 0.15) is 10.8 Å². The van der Waals surface area contributed by atoms with Crippen LogP contribution in [0.25, 0.3) is 11.3 Å². The monoisotopic (exact) mass is 328 g/mol. The van der Waals surface area contributed by atoms with E-state index in [4.69, 9.17) is 0 Å². The third-order valence-corrected chi connectivity index (χ3v) is 5.14. The Labute approximate surface area is 129 Å². The number of halogens is 2. The molecule has 1 fully saturated rings. The van der Waals surface area contributed by atoms with Gasteiger partial charge in [-0.05, 0) is 24.3 Å². The molecule has 0 saturated carbocycles. The van der Waals surface area contributed by atoms with Crippen molar-refractivity contribution in [2.24, 2.45) is 0 Å². The van der Waals surface area contributed by atoms with Gasteiger partial charge in [-0.2, -0.15) is 20.5 Å². The summed E-state index contributed by atoms with van der Waals surface area (Å²) in [4.78, 5) is 4.65. The van der Waals surface area contributed by atoms with Crippen molar-refractivity contribution in [1.29, 1.82) is 0 Å². The molecule has 1 aliphatic rings. The van der Waals surface area contributed by atoms with Gasteiger partial charge in [0.2, 0.25) is 0 Å². The number of aromatic nitrogens is 1. The van der Waals surface area contributed by atoms with Crippen LogP contribution in [0, 0.1) is 0 Å². The van der Waals surface area contributed by atoms with Crippen LogP contribution in [-0.2, 0) is 0 Å². The molecular weight excluding hydrogens is 314 g/mol. The van der Waals surface area contributed by atoms with E-state index < -0.39 is 6.61 Å². The Morgan fingerprint density at radius 3 is 2.76 bits per heavy atom. The zero-order chi connectivity index (χ0) is 14.7. The fourth-order valence-electron chi connectivity index (χ4n) is 2.11. The molecule has 1 aromatic heterocycles. The number of thioether (sulfide) groups is 1. The molecule has 0 bridgehead atoms. The first-order valence-corrected chi connectivity index (χ1v) is 8.57. The van der Waals surface area contributed by atoms with E-state index in [2.05, 4.69) is 15.0 Å². The van der Waals surface area contributed by atoms with Gasteiger partial charge in [-0.25, -0.2) is 4.98 Å². The molecular formula is C14H14F2N2OS2. The summed E-state index contributed by atoms with van der Waals surface area (Å²) in [5.74, 6) is 2.34. The SMILES string of the molecule is FC(F)Oc1ccc(-c2csc(C3CSCCN3)n2)cc1. The minimum absolute atomic E-state index is 0.162. The topological polar surface area (TPSA) is 34.1 Å². The number of nitrogens with zero attached hydrogens (tertiary/aromatic N) is 1. The highest BCUT2D eigenvalue weighted by Crippen LogP contribution is 2.29. The normalized spacial score (nSPS) is 18.9. The molecule has 1 saturated heterocycles. The van der Waals surface area contributed by atoms with E-state index in [1.807, 2.05) is 17.1 Å². The van der Waals surface area contributed by atoms with Crippen LogP contribution in [0.15, 0.2) is 29.6 Å². The predicted octanol–water partition coefficient (Wildman–Crippen LogP) is 3.79. The molecule has 1 aliphatic heterocycles. The number of thiazole rings is 1. The standard InChI is InChI=1S/C14H14F2N2OS2/c15-14(16)19-10-3-1-9(2-4-10)11-8-21-13(18-11)12-7-20-6-5-17-12/h1-4,8,12,14,17H,5-7H2. The van der Waals surface area contributed by atoms with Gasteiger partial charge >= 0.3 is 6.61 Å². The van der Waals surface area contributed by atoms with Crippen LogP contribution in [0.2, 0.25) is 0 Å². The molecule has 1 aromatic carbocycles. The minimum Gasteiger partial charge on any atom is -0.435 e. The van der Waals surface area contributed by atoms with E-state index in [0.717, 1.165) is 34.3 Å². The van der Waals surface area contributed by atoms with Crippen LogP contribution >= 0.6 is 23.1 Å². The highest BCUT2D eigenvalue weighted by molar-refractivity contribution is 7.99. The smallest absolute Gasteiger partial charge is 0.387 e. The second kappa shape index (κ2) is 6.72. The predicted molar refractivity (Wildman–Crippen MR) is 82.3 cm³/mol. The molecule has 1 N–H and O–H groups in total. The van der Waals surface area contributed by atoms with E-state index in [1.165, 1.54) is 12.1 Å². The number of benzene rings is 1. The maximum atomic E-state index is 12.1. The van der Waals surface area contributed by atoms with Crippen LogP contribution in [0.1, 0.15) is 11.0 Å². The van der Waals surface area contributed by atoms with Crippen LogP contribution in [0.4, 0.5) is 8.78 Å². The number of nitrogens with one attached hydrogen (secondary N) is 1.